The Kier molecular flexibility index (Phi) is 4.43. The number of carbonyl (C=O) groups is 1. The molecule has 0 aromatic heterocycles. The van der Waals surface area contributed by atoms with Gasteiger partial charge in [0.25, 0.3) is 0 Å². The Labute approximate surface area is 124 Å². The molecule has 0 heterocycles. The van der Waals surface area contributed by atoms with E-state index in [0.717, 1.165) is 6.54 Å². The second-order valence-electron chi connectivity index (χ2n) is 5.66. The zero-order valence-corrected chi connectivity index (χ0v) is 12.7. The number of nitrogens with one attached hydrogen (secondary N) is 1. The van der Waals surface area contributed by atoms with Crippen LogP contribution in [0.4, 0.5) is 11.4 Å². The molecule has 0 unspecified atom stereocenters. The number of esters is 1. The van der Waals surface area contributed by atoms with Crippen LogP contribution in [-0.4, -0.2) is 19.1 Å². The summed E-state index contributed by atoms with van der Waals surface area (Å²) in [7, 11) is 0. The van der Waals surface area contributed by atoms with E-state index in [4.69, 9.17) is 22.1 Å². The van der Waals surface area contributed by atoms with E-state index in [0.29, 0.717) is 28.6 Å². The average molecular weight is 297 g/mol. The van der Waals surface area contributed by atoms with E-state index >= 15 is 0 Å². The van der Waals surface area contributed by atoms with Crippen LogP contribution in [-0.2, 0) is 4.74 Å². The third-order valence-corrected chi connectivity index (χ3v) is 4.16. The molecular weight excluding hydrogens is 276 g/mol. The highest BCUT2D eigenvalue weighted by atomic mass is 35.5. The summed E-state index contributed by atoms with van der Waals surface area (Å²) in [6.45, 7) is 5.12. The first-order chi connectivity index (χ1) is 9.45. The fourth-order valence-electron chi connectivity index (χ4n) is 2.44. The van der Waals surface area contributed by atoms with Crippen LogP contribution >= 0.6 is 11.6 Å². The van der Waals surface area contributed by atoms with Gasteiger partial charge in [-0.15, -0.1) is 0 Å². The molecule has 5 heteroatoms. The minimum Gasteiger partial charge on any atom is -0.462 e. The van der Waals surface area contributed by atoms with Crippen LogP contribution in [0.2, 0.25) is 5.02 Å². The van der Waals surface area contributed by atoms with Gasteiger partial charge in [-0.2, -0.15) is 0 Å². The normalized spacial score (nSPS) is 16.4. The van der Waals surface area contributed by atoms with Crippen molar-refractivity contribution in [1.29, 1.82) is 0 Å². The molecule has 1 aromatic rings. The fourth-order valence-corrected chi connectivity index (χ4v) is 2.73. The molecule has 0 amide bonds. The van der Waals surface area contributed by atoms with E-state index in [-0.39, 0.29) is 5.41 Å². The molecule has 0 spiro atoms. The number of ether oxygens (including phenoxy) is 1. The number of benzene rings is 1. The summed E-state index contributed by atoms with van der Waals surface area (Å²) in [6, 6.07) is 3.25. The van der Waals surface area contributed by atoms with E-state index in [1.807, 2.05) is 0 Å². The van der Waals surface area contributed by atoms with Gasteiger partial charge in [-0.3, -0.25) is 0 Å². The number of anilines is 2. The number of carbonyl (C=O) groups excluding carboxylic acids is 1. The molecule has 1 fully saturated rings. The Morgan fingerprint density at radius 3 is 2.75 bits per heavy atom. The van der Waals surface area contributed by atoms with E-state index < -0.39 is 5.97 Å². The van der Waals surface area contributed by atoms with Gasteiger partial charge in [0.2, 0.25) is 0 Å². The van der Waals surface area contributed by atoms with Crippen molar-refractivity contribution >= 4 is 28.9 Å². The predicted molar refractivity (Wildman–Crippen MR) is 82.3 cm³/mol. The Hall–Kier alpha value is -1.42. The zero-order valence-electron chi connectivity index (χ0n) is 12.0. The molecule has 0 atom stereocenters. The van der Waals surface area contributed by atoms with Crippen LogP contribution in [0.5, 0.6) is 0 Å². The topological polar surface area (TPSA) is 64.3 Å². The Morgan fingerprint density at radius 2 is 2.20 bits per heavy atom. The monoisotopic (exact) mass is 296 g/mol. The van der Waals surface area contributed by atoms with E-state index in [1.165, 1.54) is 19.3 Å². The summed E-state index contributed by atoms with van der Waals surface area (Å²) in [5.74, 6) is -0.400. The second-order valence-corrected chi connectivity index (χ2v) is 6.07. The van der Waals surface area contributed by atoms with Gasteiger partial charge >= 0.3 is 5.97 Å². The van der Waals surface area contributed by atoms with Gasteiger partial charge in [-0.25, -0.2) is 4.79 Å². The Bertz CT molecular complexity index is 513. The van der Waals surface area contributed by atoms with E-state index in [2.05, 4.69) is 12.2 Å². The summed E-state index contributed by atoms with van der Waals surface area (Å²) in [5.41, 5.74) is 7.53. The second kappa shape index (κ2) is 5.92. The van der Waals surface area contributed by atoms with Crippen LogP contribution in [0.25, 0.3) is 0 Å². The molecule has 20 heavy (non-hydrogen) atoms. The zero-order chi connectivity index (χ0) is 14.8. The molecule has 1 saturated carbocycles. The number of nitrogen functional groups attached to an aromatic ring is 1. The van der Waals surface area contributed by atoms with Gasteiger partial charge in [0, 0.05) is 12.2 Å². The lowest BCUT2D eigenvalue weighted by atomic mass is 9.70. The lowest BCUT2D eigenvalue weighted by Crippen LogP contribution is -2.33. The maximum atomic E-state index is 12.0. The van der Waals surface area contributed by atoms with Crippen LogP contribution < -0.4 is 11.1 Å². The molecular formula is C15H21ClN2O2. The van der Waals surface area contributed by atoms with Gasteiger partial charge in [0.1, 0.15) is 0 Å². The first-order valence-electron chi connectivity index (χ1n) is 6.95. The first kappa shape index (κ1) is 15.0. The standard InChI is InChI=1S/C15H21ClN2O2/c1-3-20-14(19)11-7-10(17)8-12(16)13(11)18-9-15(2)5-4-6-15/h7-8,18H,3-6,9,17H2,1-2H3. The van der Waals surface area contributed by atoms with Gasteiger partial charge in [0.15, 0.2) is 0 Å². The molecule has 0 saturated heterocycles. The molecule has 0 bridgehead atoms. The number of nitrogens with two attached hydrogens (primary N) is 1. The van der Waals surface area contributed by atoms with Gasteiger partial charge in [0.05, 0.1) is 22.9 Å². The highest BCUT2D eigenvalue weighted by molar-refractivity contribution is 6.34. The lowest BCUT2D eigenvalue weighted by molar-refractivity contribution is 0.0527. The Morgan fingerprint density at radius 1 is 1.50 bits per heavy atom. The molecule has 3 N–H and O–H groups in total. The number of halogens is 1. The number of rotatable bonds is 5. The SMILES string of the molecule is CCOC(=O)c1cc(N)cc(Cl)c1NCC1(C)CCC1. The molecule has 4 nitrogen and oxygen atoms in total. The van der Waals surface area contributed by atoms with Crippen LogP contribution in [0.3, 0.4) is 0 Å². The molecule has 1 aromatic carbocycles. The van der Waals surface area contributed by atoms with Crippen molar-refractivity contribution in [1.82, 2.24) is 0 Å². The molecule has 1 aliphatic carbocycles. The molecule has 1 aliphatic rings. The number of hydrogen-bond donors (Lipinski definition) is 2. The van der Waals surface area contributed by atoms with Gasteiger partial charge in [-0.05, 0) is 37.3 Å². The smallest absolute Gasteiger partial charge is 0.340 e. The summed E-state index contributed by atoms with van der Waals surface area (Å²) in [5, 5.41) is 3.76. The average Bonchev–Trinajstić information content (AvgIpc) is 2.35. The summed E-state index contributed by atoms with van der Waals surface area (Å²) in [6.07, 6.45) is 3.65. The summed E-state index contributed by atoms with van der Waals surface area (Å²) < 4.78 is 5.06. The van der Waals surface area contributed by atoms with E-state index in [1.54, 1.807) is 19.1 Å². The largest absolute Gasteiger partial charge is 0.462 e. The predicted octanol–water partition coefficient (Wildman–Crippen LogP) is 3.70. The van der Waals surface area contributed by atoms with Crippen LogP contribution in [0, 0.1) is 5.41 Å². The molecule has 0 radical (unpaired) electrons. The van der Waals surface area contributed by atoms with Crippen molar-refractivity contribution in [3.8, 4) is 0 Å². The van der Waals surface area contributed by atoms with Gasteiger partial charge < -0.3 is 15.8 Å². The Balaban J connectivity index is 2.22. The van der Waals surface area contributed by atoms with Crippen molar-refractivity contribution in [3.63, 3.8) is 0 Å². The highest BCUT2D eigenvalue weighted by Crippen LogP contribution is 2.41. The quantitative estimate of drug-likeness (QED) is 0.642. The van der Waals surface area contributed by atoms with Gasteiger partial charge in [-0.1, -0.05) is 24.9 Å². The van der Waals surface area contributed by atoms with Crippen molar-refractivity contribution in [2.75, 3.05) is 24.2 Å². The minimum atomic E-state index is -0.400. The molecule has 110 valence electrons. The van der Waals surface area contributed by atoms with Crippen LogP contribution in [0.15, 0.2) is 12.1 Å². The third kappa shape index (κ3) is 3.18. The van der Waals surface area contributed by atoms with E-state index in [9.17, 15) is 4.79 Å². The number of hydrogen-bond acceptors (Lipinski definition) is 4. The van der Waals surface area contributed by atoms with Crippen molar-refractivity contribution < 1.29 is 9.53 Å². The lowest BCUT2D eigenvalue weighted by Gasteiger charge is -2.39. The van der Waals surface area contributed by atoms with Crippen molar-refractivity contribution in [3.05, 3.63) is 22.7 Å². The molecule has 0 aliphatic heterocycles. The third-order valence-electron chi connectivity index (χ3n) is 3.86. The minimum absolute atomic E-state index is 0.288. The van der Waals surface area contributed by atoms with Crippen LogP contribution in [0.1, 0.15) is 43.5 Å². The fraction of sp³-hybridized carbons (Fsp3) is 0.533. The van der Waals surface area contributed by atoms with Crippen molar-refractivity contribution in [2.24, 2.45) is 5.41 Å². The van der Waals surface area contributed by atoms with Crippen molar-refractivity contribution in [2.45, 2.75) is 33.1 Å². The highest BCUT2D eigenvalue weighted by Gasteiger charge is 2.32. The molecule has 2 rings (SSSR count). The summed E-state index contributed by atoms with van der Waals surface area (Å²) >= 11 is 6.22. The maximum Gasteiger partial charge on any atom is 0.340 e. The first-order valence-corrected chi connectivity index (χ1v) is 7.33. The summed E-state index contributed by atoms with van der Waals surface area (Å²) in [4.78, 5) is 12.0. The maximum absolute atomic E-state index is 12.0.